The Labute approximate surface area is 198 Å². The Bertz CT molecular complexity index is 1150. The van der Waals surface area contributed by atoms with Gasteiger partial charge in [-0.25, -0.2) is 0 Å². The summed E-state index contributed by atoms with van der Waals surface area (Å²) < 4.78 is 5.79. The van der Waals surface area contributed by atoms with E-state index < -0.39 is 0 Å². The molecule has 1 N–H and O–H groups in total. The Hall–Kier alpha value is -2.90. The lowest BCUT2D eigenvalue weighted by molar-refractivity contribution is 0.399. The predicted octanol–water partition coefficient (Wildman–Crippen LogP) is 5.87. The third-order valence-electron chi connectivity index (χ3n) is 5.63. The van der Waals surface area contributed by atoms with Crippen LogP contribution in [0.3, 0.4) is 0 Å². The summed E-state index contributed by atoms with van der Waals surface area (Å²) in [6.07, 6.45) is 4.89. The number of allylic oxidation sites excluding steroid dienone is 1. The molecular weight excluding hydrogens is 436 g/mol. The van der Waals surface area contributed by atoms with Gasteiger partial charge in [-0.1, -0.05) is 54.6 Å². The number of rotatable bonds is 7. The molecule has 3 aromatic rings. The molecule has 32 heavy (non-hydrogen) atoms. The molecule has 0 saturated carbocycles. The van der Waals surface area contributed by atoms with Crippen molar-refractivity contribution in [2.45, 2.75) is 31.2 Å². The second kappa shape index (κ2) is 9.71. The van der Waals surface area contributed by atoms with Gasteiger partial charge in [-0.2, -0.15) is 4.98 Å². The minimum absolute atomic E-state index is 0.185. The summed E-state index contributed by atoms with van der Waals surface area (Å²) in [4.78, 5) is 7.97. The third kappa shape index (κ3) is 4.36. The molecule has 0 saturated heterocycles. The van der Waals surface area contributed by atoms with Gasteiger partial charge in [0.15, 0.2) is 5.11 Å². The van der Waals surface area contributed by atoms with Crippen LogP contribution in [0.5, 0.6) is 0 Å². The molecule has 0 amide bonds. The van der Waals surface area contributed by atoms with E-state index in [9.17, 15) is 0 Å². The Morgan fingerprint density at radius 3 is 2.53 bits per heavy atom. The minimum Gasteiger partial charge on any atom is -0.351 e. The number of thiocarbonyl (C=S) groups is 1. The highest BCUT2D eigenvalue weighted by molar-refractivity contribution is 7.98. The largest absolute Gasteiger partial charge is 0.351 e. The summed E-state index contributed by atoms with van der Waals surface area (Å²) in [7, 11) is 0. The van der Waals surface area contributed by atoms with Gasteiger partial charge >= 0.3 is 0 Å². The van der Waals surface area contributed by atoms with Gasteiger partial charge < -0.3 is 14.7 Å². The molecular formula is C25H26N4OS2. The van der Waals surface area contributed by atoms with Gasteiger partial charge in [0.1, 0.15) is 0 Å². The molecule has 0 spiro atoms. The van der Waals surface area contributed by atoms with Crippen molar-refractivity contribution in [2.24, 2.45) is 0 Å². The van der Waals surface area contributed by atoms with Crippen LogP contribution in [0.4, 0.5) is 0 Å². The average Bonchev–Trinajstić information content (AvgIpc) is 3.31. The normalized spacial score (nSPS) is 16.3. The van der Waals surface area contributed by atoms with E-state index >= 15 is 0 Å². The first kappa shape index (κ1) is 22.3. The highest BCUT2D eigenvalue weighted by Gasteiger charge is 2.33. The van der Waals surface area contributed by atoms with Crippen LogP contribution in [0.15, 0.2) is 76.3 Å². The number of hydrogen-bond acceptors (Lipinski definition) is 5. The smallest absolute Gasteiger partial charge is 0.258 e. The van der Waals surface area contributed by atoms with Crippen molar-refractivity contribution in [1.29, 1.82) is 0 Å². The summed E-state index contributed by atoms with van der Waals surface area (Å²) in [5.74, 6) is 1.06. The van der Waals surface area contributed by atoms with Gasteiger partial charge in [0.05, 0.1) is 11.6 Å². The predicted molar refractivity (Wildman–Crippen MR) is 135 cm³/mol. The van der Waals surface area contributed by atoms with E-state index in [-0.39, 0.29) is 6.04 Å². The first-order chi connectivity index (χ1) is 15.5. The Balaban J connectivity index is 1.77. The zero-order valence-corrected chi connectivity index (χ0v) is 20.1. The minimum atomic E-state index is -0.185. The Kier molecular flexibility index (Phi) is 6.77. The molecule has 1 aliphatic heterocycles. The highest BCUT2D eigenvalue weighted by atomic mass is 32.2. The topological polar surface area (TPSA) is 54.2 Å². The maximum absolute atomic E-state index is 5.79. The van der Waals surface area contributed by atoms with Crippen LogP contribution in [0.1, 0.15) is 36.9 Å². The van der Waals surface area contributed by atoms with Gasteiger partial charge in [-0.05, 0) is 55.1 Å². The molecule has 164 valence electrons. The van der Waals surface area contributed by atoms with Crippen molar-refractivity contribution >= 4 is 34.7 Å². The van der Waals surface area contributed by atoms with E-state index in [2.05, 4.69) is 66.6 Å². The molecule has 2 heterocycles. The fourth-order valence-electron chi connectivity index (χ4n) is 3.79. The van der Waals surface area contributed by atoms with Gasteiger partial charge in [0, 0.05) is 22.7 Å². The van der Waals surface area contributed by atoms with Crippen LogP contribution in [0.2, 0.25) is 0 Å². The Morgan fingerprint density at radius 2 is 1.91 bits per heavy atom. The first-order valence-corrected chi connectivity index (χ1v) is 12.2. The van der Waals surface area contributed by atoms with Gasteiger partial charge in [-0.3, -0.25) is 0 Å². The lowest BCUT2D eigenvalue weighted by Crippen LogP contribution is -2.45. The third-order valence-corrected chi connectivity index (χ3v) is 6.72. The van der Waals surface area contributed by atoms with Crippen LogP contribution in [0.25, 0.3) is 17.0 Å². The van der Waals surface area contributed by atoms with E-state index in [1.54, 1.807) is 11.8 Å². The van der Waals surface area contributed by atoms with Crippen molar-refractivity contribution in [1.82, 2.24) is 20.4 Å². The average molecular weight is 463 g/mol. The fraction of sp³-hybridized carbons (Fsp3) is 0.240. The number of aromatic nitrogens is 2. The number of benzene rings is 2. The van der Waals surface area contributed by atoms with E-state index in [4.69, 9.17) is 21.7 Å². The van der Waals surface area contributed by atoms with Crippen molar-refractivity contribution in [3.05, 3.63) is 83.9 Å². The van der Waals surface area contributed by atoms with Gasteiger partial charge in [-0.15, -0.1) is 18.3 Å². The molecule has 2 aromatic carbocycles. The number of nitrogens with zero attached hydrogens (tertiary/aromatic N) is 3. The molecule has 1 atom stereocenters. The van der Waals surface area contributed by atoms with Crippen LogP contribution in [-0.4, -0.2) is 33.0 Å². The first-order valence-electron chi connectivity index (χ1n) is 10.5. The SMILES string of the molecule is C=CCN1C(=S)NC(c2ccc(SC)cc2)C(c2nc(-c3ccc(CC)cc3)no2)=C1C. The number of nitrogens with one attached hydrogen (secondary N) is 1. The molecule has 0 radical (unpaired) electrons. The molecule has 1 aliphatic rings. The summed E-state index contributed by atoms with van der Waals surface area (Å²) in [5, 5.41) is 8.39. The summed E-state index contributed by atoms with van der Waals surface area (Å²) in [5.41, 5.74) is 5.18. The van der Waals surface area contributed by atoms with E-state index in [0.29, 0.717) is 23.4 Å². The maximum Gasteiger partial charge on any atom is 0.258 e. The quantitative estimate of drug-likeness (QED) is 0.268. The van der Waals surface area contributed by atoms with E-state index in [1.165, 1.54) is 10.5 Å². The number of thioether (sulfide) groups is 1. The van der Waals surface area contributed by atoms with Gasteiger partial charge in [0.25, 0.3) is 5.89 Å². The lowest BCUT2D eigenvalue weighted by Gasteiger charge is -2.36. The Morgan fingerprint density at radius 1 is 1.19 bits per heavy atom. The number of hydrogen-bond donors (Lipinski definition) is 1. The van der Waals surface area contributed by atoms with Crippen LogP contribution in [-0.2, 0) is 6.42 Å². The van der Waals surface area contributed by atoms with Crippen LogP contribution >= 0.6 is 24.0 Å². The number of aryl methyl sites for hydroxylation is 1. The second-order valence-corrected chi connectivity index (χ2v) is 8.79. The highest BCUT2D eigenvalue weighted by Crippen LogP contribution is 2.37. The molecule has 1 aromatic heterocycles. The lowest BCUT2D eigenvalue weighted by atomic mass is 9.95. The van der Waals surface area contributed by atoms with Gasteiger partial charge in [0.2, 0.25) is 5.82 Å². The molecule has 5 nitrogen and oxygen atoms in total. The maximum atomic E-state index is 5.79. The van der Waals surface area contributed by atoms with Crippen LogP contribution in [0, 0.1) is 0 Å². The van der Waals surface area contributed by atoms with Crippen molar-refractivity contribution in [3.63, 3.8) is 0 Å². The van der Waals surface area contributed by atoms with Crippen molar-refractivity contribution < 1.29 is 4.52 Å². The molecule has 1 unspecified atom stereocenters. The molecule has 0 bridgehead atoms. The zero-order valence-electron chi connectivity index (χ0n) is 18.5. The van der Waals surface area contributed by atoms with E-state index in [1.807, 2.05) is 30.0 Å². The molecule has 4 rings (SSSR count). The molecule has 0 fully saturated rings. The van der Waals surface area contributed by atoms with Crippen molar-refractivity contribution in [2.75, 3.05) is 12.8 Å². The van der Waals surface area contributed by atoms with E-state index in [0.717, 1.165) is 28.8 Å². The summed E-state index contributed by atoms with van der Waals surface area (Å²) >= 11 is 7.38. The standard InChI is InChI=1S/C25H26N4OS2/c1-5-15-29-16(3)21(22(26-25(29)31)18-11-13-20(32-4)14-12-18)24-27-23(28-30-24)19-9-7-17(6-2)8-10-19/h5,7-14,22H,1,6,15H2,2-4H3,(H,26,31). The van der Waals surface area contributed by atoms with Crippen molar-refractivity contribution in [3.8, 4) is 11.4 Å². The monoisotopic (exact) mass is 462 g/mol. The fourth-order valence-corrected chi connectivity index (χ4v) is 4.53. The second-order valence-electron chi connectivity index (χ2n) is 7.53. The zero-order chi connectivity index (χ0) is 22.7. The van der Waals surface area contributed by atoms with Crippen LogP contribution < -0.4 is 5.32 Å². The summed E-state index contributed by atoms with van der Waals surface area (Å²) in [6, 6.07) is 16.5. The summed E-state index contributed by atoms with van der Waals surface area (Å²) in [6.45, 7) is 8.64. The molecule has 7 heteroatoms. The molecule has 0 aliphatic carbocycles.